The van der Waals surface area contributed by atoms with E-state index in [1.54, 1.807) is 4.90 Å². The summed E-state index contributed by atoms with van der Waals surface area (Å²) in [6.07, 6.45) is -3.19. The van der Waals surface area contributed by atoms with E-state index in [4.69, 9.17) is 0 Å². The maximum Gasteiger partial charge on any atom is 0.416 e. The summed E-state index contributed by atoms with van der Waals surface area (Å²) in [6.45, 7) is 4.79. The third-order valence-corrected chi connectivity index (χ3v) is 3.64. The summed E-state index contributed by atoms with van der Waals surface area (Å²) in [6, 6.07) is 2.95. The van der Waals surface area contributed by atoms with Gasteiger partial charge in [-0.15, -0.1) is 0 Å². The number of nitrogens with zero attached hydrogens (tertiary/aromatic N) is 2. The van der Waals surface area contributed by atoms with Crippen LogP contribution in [-0.4, -0.2) is 55.3 Å². The van der Waals surface area contributed by atoms with Crippen LogP contribution in [0.25, 0.3) is 0 Å². The standard InChI is InChI=1S/C18H26F3N3O2/c1-5-7-24(9-6-8-23(3)4)17(26)14-10-15(18(19,20)21)12-16(11-14)22-13(2)25/h10-12H,5-9H2,1-4H3,(H,22,25). The van der Waals surface area contributed by atoms with Crippen molar-refractivity contribution < 1.29 is 22.8 Å². The second-order valence-electron chi connectivity index (χ2n) is 6.43. The maximum atomic E-state index is 13.1. The average Bonchev–Trinajstić information content (AvgIpc) is 2.51. The minimum absolute atomic E-state index is 0.0413. The molecule has 0 radical (unpaired) electrons. The summed E-state index contributed by atoms with van der Waals surface area (Å²) in [7, 11) is 3.83. The van der Waals surface area contributed by atoms with Gasteiger partial charge in [0.15, 0.2) is 0 Å². The molecule has 0 bridgehead atoms. The van der Waals surface area contributed by atoms with Crippen LogP contribution >= 0.6 is 0 Å². The van der Waals surface area contributed by atoms with E-state index < -0.39 is 23.6 Å². The Hall–Kier alpha value is -2.09. The molecular weight excluding hydrogens is 347 g/mol. The SMILES string of the molecule is CCCN(CCCN(C)C)C(=O)c1cc(NC(C)=O)cc(C(F)(F)F)c1. The summed E-state index contributed by atoms with van der Waals surface area (Å²) in [5, 5.41) is 2.33. The van der Waals surface area contributed by atoms with Gasteiger partial charge in [0.1, 0.15) is 0 Å². The molecule has 8 heteroatoms. The monoisotopic (exact) mass is 373 g/mol. The number of anilines is 1. The van der Waals surface area contributed by atoms with Gasteiger partial charge in [-0.3, -0.25) is 9.59 Å². The highest BCUT2D eigenvalue weighted by molar-refractivity contribution is 5.97. The molecule has 0 aromatic heterocycles. The van der Waals surface area contributed by atoms with Crippen molar-refractivity contribution in [2.45, 2.75) is 32.9 Å². The number of amides is 2. The molecule has 0 aliphatic rings. The number of hydrogen-bond acceptors (Lipinski definition) is 3. The molecule has 0 atom stereocenters. The quantitative estimate of drug-likeness (QED) is 0.759. The molecule has 0 unspecified atom stereocenters. The van der Waals surface area contributed by atoms with Gasteiger partial charge in [0.25, 0.3) is 5.91 Å². The van der Waals surface area contributed by atoms with Gasteiger partial charge < -0.3 is 15.1 Å². The Morgan fingerprint density at radius 3 is 2.23 bits per heavy atom. The summed E-state index contributed by atoms with van der Waals surface area (Å²) < 4.78 is 39.4. The normalized spacial score (nSPS) is 11.5. The Bertz CT molecular complexity index is 631. The van der Waals surface area contributed by atoms with Gasteiger partial charge in [0, 0.05) is 31.3 Å². The van der Waals surface area contributed by atoms with Crippen molar-refractivity contribution in [3.05, 3.63) is 29.3 Å². The highest BCUT2D eigenvalue weighted by Crippen LogP contribution is 2.32. The maximum absolute atomic E-state index is 13.1. The molecule has 0 aliphatic carbocycles. The van der Waals surface area contributed by atoms with Gasteiger partial charge in [-0.25, -0.2) is 0 Å². The average molecular weight is 373 g/mol. The van der Waals surface area contributed by atoms with Gasteiger partial charge in [-0.2, -0.15) is 13.2 Å². The summed E-state index contributed by atoms with van der Waals surface area (Å²) in [5.74, 6) is -0.970. The lowest BCUT2D eigenvalue weighted by Gasteiger charge is -2.24. The Balaban J connectivity index is 3.14. The fourth-order valence-corrected chi connectivity index (χ4v) is 2.54. The first-order chi connectivity index (χ1) is 12.0. The van der Waals surface area contributed by atoms with Crippen molar-refractivity contribution in [1.82, 2.24) is 9.80 Å². The molecule has 2 amide bonds. The van der Waals surface area contributed by atoms with Crippen LogP contribution in [0, 0.1) is 0 Å². The summed E-state index contributed by atoms with van der Waals surface area (Å²) >= 11 is 0. The smallest absolute Gasteiger partial charge is 0.339 e. The van der Waals surface area contributed by atoms with E-state index in [9.17, 15) is 22.8 Å². The number of rotatable bonds is 8. The van der Waals surface area contributed by atoms with Crippen LogP contribution in [0.5, 0.6) is 0 Å². The number of benzene rings is 1. The molecule has 0 saturated carbocycles. The Labute approximate surface area is 152 Å². The van der Waals surface area contributed by atoms with Crippen molar-refractivity contribution >= 4 is 17.5 Å². The van der Waals surface area contributed by atoms with Crippen LogP contribution < -0.4 is 5.32 Å². The third-order valence-electron chi connectivity index (χ3n) is 3.64. The largest absolute Gasteiger partial charge is 0.416 e. The first-order valence-corrected chi connectivity index (χ1v) is 8.48. The molecule has 1 aromatic rings. The Morgan fingerprint density at radius 1 is 1.08 bits per heavy atom. The molecule has 0 heterocycles. The van der Waals surface area contributed by atoms with Crippen molar-refractivity contribution in [1.29, 1.82) is 0 Å². The van der Waals surface area contributed by atoms with E-state index in [1.807, 2.05) is 25.9 Å². The van der Waals surface area contributed by atoms with Gasteiger partial charge >= 0.3 is 6.18 Å². The van der Waals surface area contributed by atoms with Crippen LogP contribution in [0.15, 0.2) is 18.2 Å². The van der Waals surface area contributed by atoms with Gasteiger partial charge in [-0.05, 0) is 51.7 Å². The van der Waals surface area contributed by atoms with E-state index in [-0.39, 0.29) is 11.3 Å². The van der Waals surface area contributed by atoms with E-state index in [1.165, 1.54) is 13.0 Å². The van der Waals surface area contributed by atoms with Crippen LogP contribution in [0.2, 0.25) is 0 Å². The summed E-state index contributed by atoms with van der Waals surface area (Å²) in [5.41, 5.74) is -1.08. The molecule has 1 aromatic carbocycles. The van der Waals surface area contributed by atoms with E-state index in [0.717, 1.165) is 25.1 Å². The van der Waals surface area contributed by atoms with Crippen molar-refractivity contribution in [2.75, 3.05) is 39.0 Å². The lowest BCUT2D eigenvalue weighted by molar-refractivity contribution is -0.137. The molecule has 0 spiro atoms. The van der Waals surface area contributed by atoms with Crippen LogP contribution in [-0.2, 0) is 11.0 Å². The molecule has 1 rings (SSSR count). The topological polar surface area (TPSA) is 52.6 Å². The first-order valence-electron chi connectivity index (χ1n) is 8.48. The van der Waals surface area contributed by atoms with Crippen molar-refractivity contribution in [3.63, 3.8) is 0 Å². The molecule has 1 N–H and O–H groups in total. The molecule has 0 aliphatic heterocycles. The number of halogens is 3. The zero-order valence-electron chi connectivity index (χ0n) is 15.6. The van der Waals surface area contributed by atoms with Gasteiger partial charge in [0.05, 0.1) is 5.56 Å². The number of nitrogens with one attached hydrogen (secondary N) is 1. The minimum atomic E-state index is -4.61. The zero-order chi connectivity index (χ0) is 19.9. The van der Waals surface area contributed by atoms with Crippen molar-refractivity contribution in [3.8, 4) is 0 Å². The molecule has 146 valence electrons. The second-order valence-corrected chi connectivity index (χ2v) is 6.43. The Kier molecular flexibility index (Phi) is 8.08. The number of hydrogen-bond donors (Lipinski definition) is 1. The molecule has 26 heavy (non-hydrogen) atoms. The second kappa shape index (κ2) is 9.56. The molecular formula is C18H26F3N3O2. The number of carbonyl (C=O) groups excluding carboxylic acids is 2. The predicted octanol–water partition coefficient (Wildman–Crippen LogP) is 3.47. The van der Waals surface area contributed by atoms with E-state index in [0.29, 0.717) is 19.5 Å². The fourth-order valence-electron chi connectivity index (χ4n) is 2.54. The van der Waals surface area contributed by atoms with Gasteiger partial charge in [-0.1, -0.05) is 6.92 Å². The number of alkyl halides is 3. The molecule has 5 nitrogen and oxygen atoms in total. The van der Waals surface area contributed by atoms with Crippen LogP contribution in [0.4, 0.5) is 18.9 Å². The Morgan fingerprint density at radius 2 is 1.73 bits per heavy atom. The molecule has 0 fully saturated rings. The van der Waals surface area contributed by atoms with Crippen LogP contribution in [0.1, 0.15) is 42.6 Å². The van der Waals surface area contributed by atoms with E-state index >= 15 is 0 Å². The first kappa shape index (κ1) is 22.0. The highest BCUT2D eigenvalue weighted by Gasteiger charge is 2.32. The zero-order valence-corrected chi connectivity index (χ0v) is 15.6. The third kappa shape index (κ3) is 7.03. The number of carbonyl (C=O) groups is 2. The highest BCUT2D eigenvalue weighted by atomic mass is 19.4. The van der Waals surface area contributed by atoms with Crippen LogP contribution in [0.3, 0.4) is 0 Å². The van der Waals surface area contributed by atoms with Crippen molar-refractivity contribution in [2.24, 2.45) is 0 Å². The lowest BCUT2D eigenvalue weighted by atomic mass is 10.1. The predicted molar refractivity (Wildman–Crippen MR) is 95.1 cm³/mol. The summed E-state index contributed by atoms with van der Waals surface area (Å²) in [4.78, 5) is 27.5. The minimum Gasteiger partial charge on any atom is -0.339 e. The fraction of sp³-hybridized carbons (Fsp3) is 0.556. The molecule has 0 saturated heterocycles. The van der Waals surface area contributed by atoms with Gasteiger partial charge in [0.2, 0.25) is 5.91 Å². The van der Waals surface area contributed by atoms with E-state index in [2.05, 4.69) is 5.32 Å². The lowest BCUT2D eigenvalue weighted by Crippen LogP contribution is -2.34.